The average molecular weight is 322 g/mol. The largest absolute Gasteiger partial charge is 0.489 e. The molecular formula is C15H19ClF3NO. The Hall–Kier alpha value is -0.940. The molecule has 0 radical (unpaired) electrons. The smallest absolute Gasteiger partial charge is 0.421 e. The molecule has 0 saturated carbocycles. The topological polar surface area (TPSA) is 21.3 Å². The summed E-state index contributed by atoms with van der Waals surface area (Å²) in [4.78, 5) is 0. The lowest BCUT2D eigenvalue weighted by atomic mass is 9.97. The predicted octanol–water partition coefficient (Wildman–Crippen LogP) is 4.52. The molecule has 1 aromatic carbocycles. The minimum Gasteiger partial charge on any atom is -0.489 e. The molecule has 2 rings (SSSR count). The average Bonchev–Trinajstić information content (AvgIpc) is 2.90. The highest BCUT2D eigenvalue weighted by Crippen LogP contribution is 2.41. The third-order valence-electron chi connectivity index (χ3n) is 3.73. The molecule has 1 aliphatic rings. The Balaban J connectivity index is 2.26. The number of alkyl halides is 3. The summed E-state index contributed by atoms with van der Waals surface area (Å²) in [6.45, 7) is 3.67. The van der Waals surface area contributed by atoms with Gasteiger partial charge in [-0.25, -0.2) is 0 Å². The minimum atomic E-state index is -4.52. The maximum atomic E-state index is 13.1. The van der Waals surface area contributed by atoms with E-state index in [0.29, 0.717) is 0 Å². The van der Waals surface area contributed by atoms with Gasteiger partial charge in [-0.1, -0.05) is 31.0 Å². The van der Waals surface area contributed by atoms with Crippen molar-refractivity contribution >= 4 is 11.6 Å². The van der Waals surface area contributed by atoms with Crippen LogP contribution in [0, 0.1) is 5.92 Å². The Morgan fingerprint density at radius 1 is 1.43 bits per heavy atom. The number of halogens is 4. The highest BCUT2D eigenvalue weighted by atomic mass is 35.5. The van der Waals surface area contributed by atoms with Gasteiger partial charge in [0.15, 0.2) is 0 Å². The first kappa shape index (κ1) is 16.4. The van der Waals surface area contributed by atoms with Crippen molar-refractivity contribution in [2.45, 2.75) is 38.5 Å². The molecule has 1 N–H and O–H groups in total. The molecule has 2 atom stereocenters. The summed E-state index contributed by atoms with van der Waals surface area (Å²) in [5.74, 6) is 0.0744. The summed E-state index contributed by atoms with van der Waals surface area (Å²) < 4.78 is 45.2. The van der Waals surface area contributed by atoms with Crippen molar-refractivity contribution in [1.29, 1.82) is 0 Å². The number of rotatable bonds is 5. The summed E-state index contributed by atoms with van der Waals surface area (Å²) in [6.07, 6.45) is -2.21. The SMILES string of the molecule is CCC[C@@H](Oc1cccc(Cl)c1C(F)(F)F)C1CCNC1. The molecule has 118 valence electrons. The first-order valence-corrected chi connectivity index (χ1v) is 7.54. The lowest BCUT2D eigenvalue weighted by Crippen LogP contribution is -2.29. The van der Waals surface area contributed by atoms with Gasteiger partial charge in [0.1, 0.15) is 17.4 Å². The Labute approximate surface area is 127 Å². The number of hydrogen-bond acceptors (Lipinski definition) is 2. The van der Waals surface area contributed by atoms with Crippen molar-refractivity contribution in [3.05, 3.63) is 28.8 Å². The third kappa shape index (κ3) is 4.04. The second-order valence-electron chi connectivity index (χ2n) is 5.31. The lowest BCUT2D eigenvalue weighted by molar-refractivity contribution is -0.139. The van der Waals surface area contributed by atoms with Crippen molar-refractivity contribution in [3.8, 4) is 5.75 Å². The van der Waals surface area contributed by atoms with E-state index in [1.165, 1.54) is 18.2 Å². The van der Waals surface area contributed by atoms with E-state index in [1.807, 2.05) is 6.92 Å². The molecule has 1 aromatic rings. The predicted molar refractivity (Wildman–Crippen MR) is 76.8 cm³/mol. The van der Waals surface area contributed by atoms with Crippen molar-refractivity contribution < 1.29 is 17.9 Å². The van der Waals surface area contributed by atoms with Gasteiger partial charge in [-0.05, 0) is 31.5 Å². The van der Waals surface area contributed by atoms with Crippen molar-refractivity contribution in [2.75, 3.05) is 13.1 Å². The molecule has 0 aromatic heterocycles. The van der Waals surface area contributed by atoms with Gasteiger partial charge >= 0.3 is 6.18 Å². The molecule has 2 nitrogen and oxygen atoms in total. The Bertz CT molecular complexity index is 472. The van der Waals surface area contributed by atoms with Crippen molar-refractivity contribution in [3.63, 3.8) is 0 Å². The van der Waals surface area contributed by atoms with Crippen LogP contribution in [0.5, 0.6) is 5.75 Å². The van der Waals surface area contributed by atoms with Gasteiger partial charge in [-0.2, -0.15) is 13.2 Å². The van der Waals surface area contributed by atoms with E-state index in [2.05, 4.69) is 5.32 Å². The Kier molecular flexibility index (Phi) is 5.38. The summed E-state index contributed by atoms with van der Waals surface area (Å²) in [5.41, 5.74) is -0.876. The molecular weight excluding hydrogens is 303 g/mol. The molecule has 0 bridgehead atoms. The molecule has 1 saturated heterocycles. The third-order valence-corrected chi connectivity index (χ3v) is 4.05. The zero-order valence-corrected chi connectivity index (χ0v) is 12.6. The van der Waals surface area contributed by atoms with E-state index < -0.39 is 11.7 Å². The summed E-state index contributed by atoms with van der Waals surface area (Å²) in [6, 6.07) is 4.08. The van der Waals surface area contributed by atoms with Gasteiger partial charge in [0, 0.05) is 12.5 Å². The fourth-order valence-electron chi connectivity index (χ4n) is 2.71. The van der Waals surface area contributed by atoms with Crippen LogP contribution in [-0.4, -0.2) is 19.2 Å². The van der Waals surface area contributed by atoms with Crippen LogP contribution >= 0.6 is 11.6 Å². The van der Waals surface area contributed by atoms with Crippen LogP contribution in [-0.2, 0) is 6.18 Å². The normalized spacial score (nSPS) is 20.5. The van der Waals surface area contributed by atoms with Gasteiger partial charge in [0.2, 0.25) is 0 Å². The maximum absolute atomic E-state index is 13.1. The van der Waals surface area contributed by atoms with Crippen LogP contribution in [0.4, 0.5) is 13.2 Å². The number of nitrogens with one attached hydrogen (secondary N) is 1. The van der Waals surface area contributed by atoms with Crippen LogP contribution < -0.4 is 10.1 Å². The first-order chi connectivity index (χ1) is 9.93. The summed E-state index contributed by atoms with van der Waals surface area (Å²) >= 11 is 5.72. The Morgan fingerprint density at radius 3 is 2.76 bits per heavy atom. The highest BCUT2D eigenvalue weighted by molar-refractivity contribution is 6.31. The summed E-state index contributed by atoms with van der Waals surface area (Å²) in [7, 11) is 0. The van der Waals surface area contributed by atoms with E-state index in [0.717, 1.165) is 32.4 Å². The maximum Gasteiger partial charge on any atom is 0.421 e. The van der Waals surface area contributed by atoms with E-state index in [1.54, 1.807) is 0 Å². The zero-order valence-electron chi connectivity index (χ0n) is 11.8. The van der Waals surface area contributed by atoms with Gasteiger partial charge in [-0.3, -0.25) is 0 Å². The quantitative estimate of drug-likeness (QED) is 0.861. The van der Waals surface area contributed by atoms with E-state index in [9.17, 15) is 13.2 Å². The molecule has 0 amide bonds. The molecule has 1 heterocycles. The standard InChI is InChI=1S/C15H19ClF3NO/c1-2-4-12(10-7-8-20-9-10)21-13-6-3-5-11(16)14(13)15(17,18)19/h3,5-6,10,12,20H,2,4,7-9H2,1H3/t10?,12-/m1/s1. The molecule has 0 aliphatic carbocycles. The van der Waals surface area contributed by atoms with E-state index in [-0.39, 0.29) is 22.8 Å². The Morgan fingerprint density at radius 2 is 2.19 bits per heavy atom. The fourth-order valence-corrected chi connectivity index (χ4v) is 2.98. The van der Waals surface area contributed by atoms with Crippen LogP contribution in [0.1, 0.15) is 31.7 Å². The highest BCUT2D eigenvalue weighted by Gasteiger charge is 2.38. The van der Waals surface area contributed by atoms with Crippen molar-refractivity contribution in [1.82, 2.24) is 5.32 Å². The number of ether oxygens (including phenoxy) is 1. The molecule has 0 spiro atoms. The van der Waals surface area contributed by atoms with Gasteiger partial charge in [-0.15, -0.1) is 0 Å². The van der Waals surface area contributed by atoms with E-state index >= 15 is 0 Å². The van der Waals surface area contributed by atoms with Crippen LogP contribution in [0.15, 0.2) is 18.2 Å². The van der Waals surface area contributed by atoms with Gasteiger partial charge in [0.25, 0.3) is 0 Å². The number of hydrogen-bond donors (Lipinski definition) is 1. The second kappa shape index (κ2) is 6.88. The zero-order chi connectivity index (χ0) is 15.5. The van der Waals surface area contributed by atoms with Crippen LogP contribution in [0.25, 0.3) is 0 Å². The van der Waals surface area contributed by atoms with Crippen molar-refractivity contribution in [2.24, 2.45) is 5.92 Å². The van der Waals surface area contributed by atoms with Gasteiger partial charge < -0.3 is 10.1 Å². The monoisotopic (exact) mass is 321 g/mol. The van der Waals surface area contributed by atoms with Crippen LogP contribution in [0.3, 0.4) is 0 Å². The minimum absolute atomic E-state index is 0.166. The second-order valence-corrected chi connectivity index (χ2v) is 5.72. The van der Waals surface area contributed by atoms with Crippen LogP contribution in [0.2, 0.25) is 5.02 Å². The molecule has 6 heteroatoms. The molecule has 1 unspecified atom stereocenters. The summed E-state index contributed by atoms with van der Waals surface area (Å²) in [5, 5.41) is 2.91. The van der Waals surface area contributed by atoms with E-state index in [4.69, 9.17) is 16.3 Å². The molecule has 21 heavy (non-hydrogen) atoms. The first-order valence-electron chi connectivity index (χ1n) is 7.16. The number of benzene rings is 1. The molecule has 1 aliphatic heterocycles. The van der Waals surface area contributed by atoms with Gasteiger partial charge in [0.05, 0.1) is 5.02 Å². The lowest BCUT2D eigenvalue weighted by Gasteiger charge is -2.26. The fraction of sp³-hybridized carbons (Fsp3) is 0.600. The molecule has 1 fully saturated rings.